The number of amides is 1. The minimum absolute atomic E-state index is 0.180. The van der Waals surface area contributed by atoms with Crippen molar-refractivity contribution in [2.45, 2.75) is 19.4 Å². The van der Waals surface area contributed by atoms with E-state index in [0.29, 0.717) is 13.0 Å². The van der Waals surface area contributed by atoms with Gasteiger partial charge in [0.15, 0.2) is 0 Å². The Morgan fingerprint density at radius 3 is 2.65 bits per heavy atom. The van der Waals surface area contributed by atoms with Crippen molar-refractivity contribution in [2.24, 2.45) is 0 Å². The number of benzene rings is 1. The van der Waals surface area contributed by atoms with Crippen molar-refractivity contribution in [2.75, 3.05) is 32.7 Å². The van der Waals surface area contributed by atoms with Crippen LogP contribution in [0, 0.1) is 0 Å². The lowest BCUT2D eigenvalue weighted by molar-refractivity contribution is -0.132. The molecule has 0 aromatic heterocycles. The molecule has 1 aliphatic rings. The molecule has 0 aliphatic carbocycles. The van der Waals surface area contributed by atoms with Crippen LogP contribution in [0.15, 0.2) is 28.7 Å². The molecule has 1 N–H and O–H groups in total. The van der Waals surface area contributed by atoms with Crippen molar-refractivity contribution in [1.82, 2.24) is 9.80 Å². The maximum atomic E-state index is 12.3. The van der Waals surface area contributed by atoms with Crippen molar-refractivity contribution >= 4 is 21.8 Å². The summed E-state index contributed by atoms with van der Waals surface area (Å²) >= 11 is 3.42. The van der Waals surface area contributed by atoms with Gasteiger partial charge in [-0.05, 0) is 24.6 Å². The zero-order valence-electron chi connectivity index (χ0n) is 11.8. The summed E-state index contributed by atoms with van der Waals surface area (Å²) in [4.78, 5) is 16.4. The number of hydrogen-bond donors (Lipinski definition) is 1. The van der Waals surface area contributed by atoms with Crippen LogP contribution >= 0.6 is 15.9 Å². The molecule has 1 aliphatic heterocycles. The number of carbonyl (C=O) groups excluding carboxylic acids is 1. The molecule has 4 nitrogen and oxygen atoms in total. The van der Waals surface area contributed by atoms with Crippen molar-refractivity contribution in [3.63, 3.8) is 0 Å². The second-order valence-corrected chi connectivity index (χ2v) is 6.25. The van der Waals surface area contributed by atoms with Gasteiger partial charge in [0.05, 0.1) is 12.5 Å². The van der Waals surface area contributed by atoms with Gasteiger partial charge in [-0.15, -0.1) is 0 Å². The molecule has 5 heteroatoms. The van der Waals surface area contributed by atoms with Gasteiger partial charge in [0.2, 0.25) is 5.91 Å². The predicted molar refractivity (Wildman–Crippen MR) is 82.5 cm³/mol. The highest BCUT2D eigenvalue weighted by Gasteiger charge is 2.21. The van der Waals surface area contributed by atoms with Gasteiger partial charge in [-0.25, -0.2) is 0 Å². The summed E-state index contributed by atoms with van der Waals surface area (Å²) in [6.07, 6.45) is 0.148. The van der Waals surface area contributed by atoms with Crippen molar-refractivity contribution in [1.29, 1.82) is 0 Å². The van der Waals surface area contributed by atoms with Gasteiger partial charge in [0, 0.05) is 37.2 Å². The van der Waals surface area contributed by atoms with Crippen LogP contribution in [0.3, 0.4) is 0 Å². The number of piperazine rings is 1. The number of hydrogen-bond acceptors (Lipinski definition) is 3. The van der Waals surface area contributed by atoms with Gasteiger partial charge in [-0.2, -0.15) is 0 Å². The van der Waals surface area contributed by atoms with E-state index in [1.807, 2.05) is 29.2 Å². The molecule has 1 heterocycles. The third-order valence-electron chi connectivity index (χ3n) is 3.49. The van der Waals surface area contributed by atoms with Gasteiger partial charge in [0.25, 0.3) is 0 Å². The molecule has 0 spiro atoms. The molecule has 2 rings (SSSR count). The number of carbonyl (C=O) groups is 1. The minimum Gasteiger partial charge on any atom is -0.392 e. The van der Waals surface area contributed by atoms with Crippen LogP contribution < -0.4 is 0 Å². The van der Waals surface area contributed by atoms with Crippen molar-refractivity contribution in [3.05, 3.63) is 34.3 Å². The van der Waals surface area contributed by atoms with E-state index < -0.39 is 0 Å². The first kappa shape index (κ1) is 15.5. The van der Waals surface area contributed by atoms with Crippen LogP contribution in [0.1, 0.15) is 12.5 Å². The highest BCUT2D eigenvalue weighted by Crippen LogP contribution is 2.13. The average molecular weight is 341 g/mol. The zero-order chi connectivity index (χ0) is 14.5. The minimum atomic E-state index is -0.307. The highest BCUT2D eigenvalue weighted by molar-refractivity contribution is 9.10. The number of nitrogens with zero attached hydrogens (tertiary/aromatic N) is 2. The quantitative estimate of drug-likeness (QED) is 0.903. The maximum absolute atomic E-state index is 12.3. The number of aliphatic hydroxyl groups is 1. The SMILES string of the molecule is C[C@@H](O)CN1CCN(C(=O)Cc2cccc(Br)c2)CC1. The fourth-order valence-electron chi connectivity index (χ4n) is 2.49. The Morgan fingerprint density at radius 2 is 2.05 bits per heavy atom. The number of halogens is 1. The summed E-state index contributed by atoms with van der Waals surface area (Å²) in [6, 6.07) is 7.88. The summed E-state index contributed by atoms with van der Waals surface area (Å²) in [5.74, 6) is 0.180. The van der Waals surface area contributed by atoms with Crippen LogP contribution in [-0.4, -0.2) is 59.6 Å². The van der Waals surface area contributed by atoms with Crippen molar-refractivity contribution < 1.29 is 9.90 Å². The molecule has 0 radical (unpaired) electrons. The number of β-amino-alcohol motifs (C(OH)–C–C–N with tert-alkyl or cyclic N) is 1. The molecular weight excluding hydrogens is 320 g/mol. The third-order valence-corrected chi connectivity index (χ3v) is 3.99. The van der Waals surface area contributed by atoms with E-state index in [1.54, 1.807) is 6.92 Å². The third kappa shape index (κ3) is 4.58. The Hall–Kier alpha value is -0.910. The average Bonchev–Trinajstić information content (AvgIpc) is 2.38. The van der Waals surface area contributed by atoms with Gasteiger partial charge >= 0.3 is 0 Å². The van der Waals surface area contributed by atoms with Gasteiger partial charge in [-0.1, -0.05) is 28.1 Å². The first-order valence-electron chi connectivity index (χ1n) is 6.97. The molecule has 0 unspecified atom stereocenters. The second-order valence-electron chi connectivity index (χ2n) is 5.34. The molecule has 1 atom stereocenters. The molecular formula is C15H21BrN2O2. The zero-order valence-corrected chi connectivity index (χ0v) is 13.3. The van der Waals surface area contributed by atoms with Gasteiger partial charge < -0.3 is 10.0 Å². The van der Waals surface area contributed by atoms with E-state index in [-0.39, 0.29) is 12.0 Å². The lowest BCUT2D eigenvalue weighted by Gasteiger charge is -2.35. The molecule has 1 amide bonds. The van der Waals surface area contributed by atoms with Gasteiger partial charge in [-0.3, -0.25) is 9.69 Å². The summed E-state index contributed by atoms with van der Waals surface area (Å²) in [7, 11) is 0. The number of rotatable bonds is 4. The predicted octanol–water partition coefficient (Wildman–Crippen LogP) is 1.52. The Kier molecular flexibility index (Phi) is 5.57. The van der Waals surface area contributed by atoms with Crippen LogP contribution in [0.2, 0.25) is 0 Å². The van der Waals surface area contributed by atoms with Crippen LogP contribution in [-0.2, 0) is 11.2 Å². The molecule has 1 aromatic rings. The van der Waals surface area contributed by atoms with E-state index >= 15 is 0 Å². The van der Waals surface area contributed by atoms with E-state index in [2.05, 4.69) is 20.8 Å². The topological polar surface area (TPSA) is 43.8 Å². The largest absolute Gasteiger partial charge is 0.392 e. The van der Waals surface area contributed by atoms with Crippen LogP contribution in [0.25, 0.3) is 0 Å². The first-order valence-corrected chi connectivity index (χ1v) is 7.76. The smallest absolute Gasteiger partial charge is 0.227 e. The van der Waals surface area contributed by atoms with Crippen LogP contribution in [0.4, 0.5) is 0 Å². The molecule has 110 valence electrons. The van der Waals surface area contributed by atoms with Crippen LogP contribution in [0.5, 0.6) is 0 Å². The fraction of sp³-hybridized carbons (Fsp3) is 0.533. The van der Waals surface area contributed by atoms with E-state index in [9.17, 15) is 9.90 Å². The molecule has 1 fully saturated rings. The van der Waals surface area contributed by atoms with Crippen molar-refractivity contribution in [3.8, 4) is 0 Å². The lowest BCUT2D eigenvalue weighted by atomic mass is 10.1. The van der Waals surface area contributed by atoms with Gasteiger partial charge in [0.1, 0.15) is 0 Å². The first-order chi connectivity index (χ1) is 9.54. The normalized spacial score (nSPS) is 18.1. The molecule has 1 saturated heterocycles. The molecule has 0 saturated carbocycles. The monoisotopic (exact) mass is 340 g/mol. The summed E-state index contributed by atoms with van der Waals surface area (Å²) < 4.78 is 1.00. The van der Waals surface area contributed by atoms with E-state index in [1.165, 1.54) is 0 Å². The molecule has 0 bridgehead atoms. The Balaban J connectivity index is 1.83. The second kappa shape index (κ2) is 7.20. The number of aliphatic hydroxyl groups excluding tert-OH is 1. The Bertz CT molecular complexity index is 457. The molecule has 1 aromatic carbocycles. The standard InChI is InChI=1S/C15H21BrN2O2/c1-12(19)11-17-5-7-18(8-6-17)15(20)10-13-3-2-4-14(16)9-13/h2-4,9,12,19H,5-8,10-11H2,1H3/t12-/m1/s1. The summed E-state index contributed by atoms with van der Waals surface area (Å²) in [5.41, 5.74) is 1.04. The summed E-state index contributed by atoms with van der Waals surface area (Å²) in [5, 5.41) is 9.37. The molecule has 20 heavy (non-hydrogen) atoms. The highest BCUT2D eigenvalue weighted by atomic mass is 79.9. The Morgan fingerprint density at radius 1 is 1.35 bits per heavy atom. The maximum Gasteiger partial charge on any atom is 0.227 e. The van der Waals surface area contributed by atoms with E-state index in [0.717, 1.165) is 36.2 Å². The van der Waals surface area contributed by atoms with E-state index in [4.69, 9.17) is 0 Å². The fourth-order valence-corrected chi connectivity index (χ4v) is 2.93. The Labute approximate surface area is 128 Å². The lowest BCUT2D eigenvalue weighted by Crippen LogP contribution is -2.50. The summed E-state index contributed by atoms with van der Waals surface area (Å²) in [6.45, 7) is 5.67.